The van der Waals surface area contributed by atoms with E-state index in [1.807, 2.05) is 0 Å². The van der Waals surface area contributed by atoms with Gasteiger partial charge in [0.15, 0.2) is 5.78 Å². The van der Waals surface area contributed by atoms with Gasteiger partial charge in [0, 0.05) is 20.2 Å². The quantitative estimate of drug-likeness (QED) is 0.233. The van der Waals surface area contributed by atoms with Crippen molar-refractivity contribution in [2.45, 2.75) is 22.5 Å². The minimum absolute atomic E-state index is 0.00678. The third-order valence-electron chi connectivity index (χ3n) is 5.99. The second-order valence-corrected chi connectivity index (χ2v) is 11.7. The summed E-state index contributed by atoms with van der Waals surface area (Å²) in [5, 5.41) is 2.26. The number of fused-ring (bicyclic) bond motifs is 1. The fourth-order valence-electron chi connectivity index (χ4n) is 4.26. The topological polar surface area (TPSA) is 74.8 Å². The van der Waals surface area contributed by atoms with Gasteiger partial charge in [-0.2, -0.15) is 5.01 Å². The number of carbonyl (C=O) groups excluding carboxylic acids is 4. The summed E-state index contributed by atoms with van der Waals surface area (Å²) in [6.45, 7) is -0.586. The van der Waals surface area contributed by atoms with E-state index in [1.165, 1.54) is 30.3 Å². The van der Waals surface area contributed by atoms with Gasteiger partial charge in [-0.25, -0.2) is 5.01 Å². The molecule has 1 saturated carbocycles. The number of imide groups is 1. The molecule has 0 aromatic heterocycles. The minimum Gasteiger partial charge on any atom is -0.292 e. The Balaban J connectivity index is 1.73. The van der Waals surface area contributed by atoms with E-state index in [0.29, 0.717) is 17.9 Å². The lowest BCUT2D eigenvalue weighted by molar-refractivity contribution is -0.154. The lowest BCUT2D eigenvalue weighted by atomic mass is 9.81. The van der Waals surface area contributed by atoms with Crippen LogP contribution in [-0.4, -0.2) is 49.7 Å². The van der Waals surface area contributed by atoms with Crippen molar-refractivity contribution in [3.63, 3.8) is 0 Å². The van der Waals surface area contributed by atoms with Gasteiger partial charge in [-0.05, 0) is 43.2 Å². The number of alkyl halides is 2. The zero-order valence-electron chi connectivity index (χ0n) is 17.4. The third-order valence-corrected chi connectivity index (χ3v) is 9.60. The van der Waals surface area contributed by atoms with Crippen molar-refractivity contribution in [2.75, 3.05) is 6.54 Å². The maximum absolute atomic E-state index is 13.6. The Hall–Kier alpha value is -1.45. The lowest BCUT2D eigenvalue weighted by Gasteiger charge is -2.30. The molecule has 0 unspecified atom stereocenters. The standard InChI is InChI=1S/C23H17Br2Cl3N2O4/c24-16-8-14-15(9-17(16)25)23(34)30(22(14)33)29(21(32)13-3-1-2-4-18(13)27)10-20(31)12-6-5-11(26)7-19(12)28/h1-7,14-17H,8-10H2/t14-,15-,16+,17+/m1/s1. The number of amides is 3. The third kappa shape index (κ3) is 4.80. The van der Waals surface area contributed by atoms with E-state index in [9.17, 15) is 19.2 Å². The normalized spacial score (nSPS) is 24.2. The predicted molar refractivity (Wildman–Crippen MR) is 137 cm³/mol. The van der Waals surface area contributed by atoms with Crippen LogP contribution in [0.4, 0.5) is 0 Å². The number of carbonyl (C=O) groups is 4. The highest BCUT2D eigenvalue weighted by atomic mass is 79.9. The number of hydrogen-bond donors (Lipinski definition) is 0. The molecule has 2 aromatic carbocycles. The van der Waals surface area contributed by atoms with Crippen LogP contribution >= 0.6 is 66.7 Å². The molecule has 0 radical (unpaired) electrons. The molecule has 1 saturated heterocycles. The molecule has 0 spiro atoms. The molecule has 0 bridgehead atoms. The molecule has 1 aliphatic carbocycles. The van der Waals surface area contributed by atoms with Crippen LogP contribution in [0.3, 0.4) is 0 Å². The Kier molecular flexibility index (Phi) is 7.74. The first kappa shape index (κ1) is 25.6. The van der Waals surface area contributed by atoms with Gasteiger partial charge in [-0.1, -0.05) is 78.8 Å². The number of ketones is 1. The molecule has 2 aliphatic rings. The summed E-state index contributed by atoms with van der Waals surface area (Å²) in [4.78, 5) is 53.5. The molecule has 178 valence electrons. The molecule has 3 amide bonds. The molecular formula is C23H17Br2Cl3N2O4. The molecule has 4 atom stereocenters. The van der Waals surface area contributed by atoms with Crippen molar-refractivity contribution in [3.05, 3.63) is 68.7 Å². The van der Waals surface area contributed by atoms with Crippen molar-refractivity contribution in [1.29, 1.82) is 0 Å². The average molecular weight is 652 g/mol. The van der Waals surface area contributed by atoms with E-state index in [2.05, 4.69) is 31.9 Å². The number of Topliss-reactive ketones (excluding diaryl/α,β-unsaturated/α-hetero) is 1. The summed E-state index contributed by atoms with van der Waals surface area (Å²) in [6.07, 6.45) is 0.847. The number of halogens is 5. The minimum atomic E-state index is -0.741. The molecule has 1 aliphatic heterocycles. The van der Waals surface area contributed by atoms with Gasteiger partial charge in [0.1, 0.15) is 6.54 Å². The zero-order chi connectivity index (χ0) is 24.7. The SMILES string of the molecule is O=C(CN(C(=O)c1ccccc1Cl)N1C(=O)[C@@H]2C[C@H](Br)[C@@H](Br)C[C@H]2C1=O)c1ccc(Cl)cc1Cl. The Morgan fingerprint density at radius 1 is 0.882 bits per heavy atom. The predicted octanol–water partition coefficient (Wildman–Crippen LogP) is 5.81. The van der Waals surface area contributed by atoms with Crippen LogP contribution in [0.1, 0.15) is 33.6 Å². The Morgan fingerprint density at radius 2 is 1.47 bits per heavy atom. The van der Waals surface area contributed by atoms with Crippen LogP contribution in [0.15, 0.2) is 42.5 Å². The van der Waals surface area contributed by atoms with Crippen LogP contribution in [0.25, 0.3) is 0 Å². The van der Waals surface area contributed by atoms with Crippen molar-refractivity contribution < 1.29 is 19.2 Å². The van der Waals surface area contributed by atoms with Gasteiger partial charge >= 0.3 is 0 Å². The van der Waals surface area contributed by atoms with Crippen molar-refractivity contribution >= 4 is 90.2 Å². The molecule has 4 rings (SSSR count). The van der Waals surface area contributed by atoms with Crippen LogP contribution in [0.2, 0.25) is 15.1 Å². The van der Waals surface area contributed by atoms with E-state index < -0.39 is 41.9 Å². The van der Waals surface area contributed by atoms with Crippen LogP contribution in [0.5, 0.6) is 0 Å². The van der Waals surface area contributed by atoms with Crippen LogP contribution in [0, 0.1) is 11.8 Å². The average Bonchev–Trinajstić information content (AvgIpc) is 3.01. The van der Waals surface area contributed by atoms with Gasteiger partial charge in [0.05, 0.1) is 27.4 Å². The van der Waals surface area contributed by atoms with Gasteiger partial charge in [0.2, 0.25) is 0 Å². The van der Waals surface area contributed by atoms with Crippen LogP contribution < -0.4 is 0 Å². The Bertz CT molecular complexity index is 1170. The van der Waals surface area contributed by atoms with E-state index >= 15 is 0 Å². The number of rotatable bonds is 5. The van der Waals surface area contributed by atoms with Gasteiger partial charge < -0.3 is 0 Å². The van der Waals surface area contributed by atoms with Crippen LogP contribution in [-0.2, 0) is 9.59 Å². The van der Waals surface area contributed by atoms with Crippen molar-refractivity contribution in [3.8, 4) is 0 Å². The summed E-state index contributed by atoms with van der Waals surface area (Å²) < 4.78 is 0. The fourth-order valence-corrected chi connectivity index (χ4v) is 6.23. The summed E-state index contributed by atoms with van der Waals surface area (Å²) in [6, 6.07) is 10.6. The molecule has 11 heteroatoms. The highest BCUT2D eigenvalue weighted by Gasteiger charge is 2.54. The highest BCUT2D eigenvalue weighted by molar-refractivity contribution is 9.12. The zero-order valence-corrected chi connectivity index (χ0v) is 22.8. The molecule has 6 nitrogen and oxygen atoms in total. The van der Waals surface area contributed by atoms with Gasteiger partial charge in [0.25, 0.3) is 17.7 Å². The smallest absolute Gasteiger partial charge is 0.274 e. The Labute approximate surface area is 227 Å². The van der Waals surface area contributed by atoms with Gasteiger partial charge in [-0.3, -0.25) is 19.2 Å². The second kappa shape index (κ2) is 10.3. The second-order valence-electron chi connectivity index (χ2n) is 8.09. The van der Waals surface area contributed by atoms with E-state index in [-0.39, 0.29) is 30.8 Å². The van der Waals surface area contributed by atoms with E-state index in [0.717, 1.165) is 10.0 Å². The molecule has 34 heavy (non-hydrogen) atoms. The lowest BCUT2D eigenvalue weighted by Crippen LogP contribution is -2.52. The summed E-state index contributed by atoms with van der Waals surface area (Å²) >= 11 is 25.4. The molecule has 2 aromatic rings. The summed E-state index contributed by atoms with van der Waals surface area (Å²) in [5.74, 6) is -3.53. The maximum Gasteiger partial charge on any atom is 0.274 e. The van der Waals surface area contributed by atoms with Gasteiger partial charge in [-0.15, -0.1) is 0 Å². The number of hydrazine groups is 1. The monoisotopic (exact) mass is 648 g/mol. The number of nitrogens with zero attached hydrogens (tertiary/aromatic N) is 2. The van der Waals surface area contributed by atoms with E-state index in [4.69, 9.17) is 34.8 Å². The summed E-state index contributed by atoms with van der Waals surface area (Å²) in [7, 11) is 0. The molecule has 1 heterocycles. The fraction of sp³-hybridized carbons (Fsp3) is 0.304. The first-order valence-corrected chi connectivity index (χ1v) is 13.3. The highest BCUT2D eigenvalue weighted by Crippen LogP contribution is 2.44. The first-order valence-electron chi connectivity index (χ1n) is 10.3. The number of hydrogen-bond acceptors (Lipinski definition) is 4. The molecular weight excluding hydrogens is 634 g/mol. The molecule has 0 N–H and O–H groups in total. The number of benzene rings is 2. The summed E-state index contributed by atoms with van der Waals surface area (Å²) in [5.41, 5.74) is 0.173. The maximum atomic E-state index is 13.6. The first-order chi connectivity index (χ1) is 16.1. The van der Waals surface area contributed by atoms with Crippen molar-refractivity contribution in [1.82, 2.24) is 10.0 Å². The Morgan fingerprint density at radius 3 is 2.03 bits per heavy atom. The molecule has 2 fully saturated rings. The van der Waals surface area contributed by atoms with Crippen molar-refractivity contribution in [2.24, 2.45) is 11.8 Å². The largest absolute Gasteiger partial charge is 0.292 e. The van der Waals surface area contributed by atoms with E-state index in [1.54, 1.807) is 12.1 Å².